The smallest absolute Gasteiger partial charge is 0.247 e. The minimum atomic E-state index is -0.524. The molecular formula is C16H24N2O. The number of likely N-dealkylation sites (N-methyl/N-ethyl adjacent to an activating group) is 2. The quantitative estimate of drug-likeness (QED) is 0.716. The summed E-state index contributed by atoms with van der Waals surface area (Å²) in [5.41, 5.74) is 1.97. The summed E-state index contributed by atoms with van der Waals surface area (Å²) in [5, 5.41) is 0. The highest BCUT2D eigenvalue weighted by atomic mass is 16.2. The van der Waals surface area contributed by atoms with Gasteiger partial charge in [-0.05, 0) is 45.2 Å². The highest BCUT2D eigenvalue weighted by Gasteiger charge is 2.37. The summed E-state index contributed by atoms with van der Waals surface area (Å²) >= 11 is 0. The summed E-state index contributed by atoms with van der Waals surface area (Å²) in [6.07, 6.45) is 2.01. The van der Waals surface area contributed by atoms with Gasteiger partial charge < -0.3 is 9.80 Å². The normalized spacial score (nSPS) is 23.4. The second kappa shape index (κ2) is 4.87. The number of amides is 1. The van der Waals surface area contributed by atoms with Crippen LogP contribution in [0.1, 0.15) is 32.8 Å². The molecule has 2 rings (SSSR count). The van der Waals surface area contributed by atoms with E-state index in [0.29, 0.717) is 0 Å². The van der Waals surface area contributed by atoms with Crippen LogP contribution in [-0.2, 0) is 11.2 Å². The third kappa shape index (κ3) is 2.34. The van der Waals surface area contributed by atoms with Crippen LogP contribution >= 0.6 is 0 Å². The van der Waals surface area contributed by atoms with Crippen molar-refractivity contribution < 1.29 is 4.79 Å². The molecule has 19 heavy (non-hydrogen) atoms. The van der Waals surface area contributed by atoms with Gasteiger partial charge in [0.1, 0.15) is 5.54 Å². The number of carbonyl (C=O) groups is 1. The van der Waals surface area contributed by atoms with Crippen molar-refractivity contribution in [1.82, 2.24) is 4.90 Å². The molecule has 1 aliphatic heterocycles. The van der Waals surface area contributed by atoms with Gasteiger partial charge >= 0.3 is 0 Å². The Morgan fingerprint density at radius 1 is 1.21 bits per heavy atom. The highest BCUT2D eigenvalue weighted by Crippen LogP contribution is 2.30. The largest absolute Gasteiger partial charge is 0.360 e. The van der Waals surface area contributed by atoms with E-state index in [1.807, 2.05) is 38.9 Å². The monoisotopic (exact) mass is 260 g/mol. The van der Waals surface area contributed by atoms with E-state index in [1.54, 1.807) is 0 Å². The van der Waals surface area contributed by atoms with Crippen LogP contribution in [0.15, 0.2) is 24.3 Å². The molecule has 3 nitrogen and oxygen atoms in total. The van der Waals surface area contributed by atoms with Gasteiger partial charge in [-0.25, -0.2) is 0 Å². The van der Waals surface area contributed by atoms with Crippen LogP contribution in [0.3, 0.4) is 0 Å². The topological polar surface area (TPSA) is 23.6 Å². The van der Waals surface area contributed by atoms with Crippen LogP contribution < -0.4 is 4.90 Å². The third-order valence-corrected chi connectivity index (χ3v) is 4.53. The Kier molecular flexibility index (Phi) is 3.57. The van der Waals surface area contributed by atoms with E-state index in [1.165, 1.54) is 11.3 Å². The molecule has 0 aliphatic carbocycles. The first-order valence-corrected chi connectivity index (χ1v) is 6.94. The molecule has 0 bridgehead atoms. The molecule has 0 saturated heterocycles. The number of aryl methyl sites for hydroxylation is 1. The Hall–Kier alpha value is -1.51. The number of fused-ring (bicyclic) bond motifs is 1. The third-order valence-electron chi connectivity index (χ3n) is 4.53. The van der Waals surface area contributed by atoms with Crippen molar-refractivity contribution in [1.29, 1.82) is 0 Å². The Labute approximate surface area is 116 Å². The predicted molar refractivity (Wildman–Crippen MR) is 79.5 cm³/mol. The van der Waals surface area contributed by atoms with Crippen LogP contribution in [0.25, 0.3) is 0 Å². The number of hydrogen-bond donors (Lipinski definition) is 0. The van der Waals surface area contributed by atoms with Gasteiger partial charge in [-0.1, -0.05) is 18.2 Å². The van der Waals surface area contributed by atoms with Crippen LogP contribution in [0.4, 0.5) is 5.69 Å². The number of anilines is 1. The van der Waals surface area contributed by atoms with E-state index in [-0.39, 0.29) is 11.9 Å². The van der Waals surface area contributed by atoms with Gasteiger partial charge in [0.25, 0.3) is 0 Å². The van der Waals surface area contributed by atoms with Crippen molar-refractivity contribution in [2.75, 3.05) is 19.0 Å². The van der Waals surface area contributed by atoms with Crippen molar-refractivity contribution in [3.63, 3.8) is 0 Å². The molecule has 104 valence electrons. The summed E-state index contributed by atoms with van der Waals surface area (Å²) < 4.78 is 0. The first kappa shape index (κ1) is 13.9. The lowest BCUT2D eigenvalue weighted by Crippen LogP contribution is -2.55. The standard InChI is InChI=1S/C16H24N2O/c1-12-10-11-13-8-6-7-9-14(13)18(5)16(2,3)15(19)17(12)4/h6-9,12H,10-11H2,1-5H3. The molecule has 1 aliphatic rings. The van der Waals surface area contributed by atoms with Gasteiger partial charge in [-0.2, -0.15) is 0 Å². The fourth-order valence-corrected chi connectivity index (χ4v) is 2.68. The number of benzene rings is 1. The summed E-state index contributed by atoms with van der Waals surface area (Å²) in [4.78, 5) is 16.7. The van der Waals surface area contributed by atoms with Gasteiger partial charge in [0, 0.05) is 25.8 Å². The second-order valence-electron chi connectivity index (χ2n) is 6.05. The summed E-state index contributed by atoms with van der Waals surface area (Å²) in [5.74, 6) is 0.180. The maximum absolute atomic E-state index is 12.7. The van der Waals surface area contributed by atoms with Crippen molar-refractivity contribution >= 4 is 11.6 Å². The van der Waals surface area contributed by atoms with E-state index in [0.717, 1.165) is 12.8 Å². The average molecular weight is 260 g/mol. The first-order valence-electron chi connectivity index (χ1n) is 6.94. The molecule has 0 fully saturated rings. The Balaban J connectivity index is 2.52. The minimum absolute atomic E-state index is 0.180. The highest BCUT2D eigenvalue weighted by molar-refractivity contribution is 5.89. The number of para-hydroxylation sites is 1. The van der Waals surface area contributed by atoms with Crippen LogP contribution in [0.5, 0.6) is 0 Å². The first-order chi connectivity index (χ1) is 8.85. The second-order valence-corrected chi connectivity index (χ2v) is 6.05. The van der Waals surface area contributed by atoms with E-state index in [9.17, 15) is 4.79 Å². The maximum Gasteiger partial charge on any atom is 0.247 e. The Morgan fingerprint density at radius 3 is 2.53 bits per heavy atom. The van der Waals surface area contributed by atoms with Crippen molar-refractivity contribution in [2.45, 2.75) is 45.2 Å². The van der Waals surface area contributed by atoms with Crippen LogP contribution in [-0.4, -0.2) is 36.5 Å². The molecule has 0 N–H and O–H groups in total. The zero-order valence-electron chi connectivity index (χ0n) is 12.6. The molecule has 1 atom stereocenters. The predicted octanol–water partition coefficient (Wildman–Crippen LogP) is 2.69. The molecule has 0 saturated carbocycles. The fraction of sp³-hybridized carbons (Fsp3) is 0.562. The molecule has 0 aromatic heterocycles. The zero-order chi connectivity index (χ0) is 14.2. The summed E-state index contributed by atoms with van der Waals surface area (Å²) in [6.45, 7) is 6.13. The van der Waals surface area contributed by atoms with Crippen LogP contribution in [0, 0.1) is 0 Å². The lowest BCUT2D eigenvalue weighted by atomic mass is 9.99. The molecule has 3 heteroatoms. The number of nitrogens with zero attached hydrogens (tertiary/aromatic N) is 2. The van der Waals surface area contributed by atoms with Gasteiger partial charge in [0.15, 0.2) is 0 Å². The molecular weight excluding hydrogens is 236 g/mol. The molecule has 1 heterocycles. The van der Waals surface area contributed by atoms with Gasteiger partial charge in [-0.15, -0.1) is 0 Å². The Morgan fingerprint density at radius 2 is 1.84 bits per heavy atom. The summed E-state index contributed by atoms with van der Waals surface area (Å²) in [6, 6.07) is 8.67. The van der Waals surface area contributed by atoms with Crippen LogP contribution in [0.2, 0.25) is 0 Å². The van der Waals surface area contributed by atoms with E-state index < -0.39 is 5.54 Å². The van der Waals surface area contributed by atoms with Crippen molar-refractivity contribution in [3.8, 4) is 0 Å². The average Bonchev–Trinajstić information content (AvgIpc) is 2.43. The van der Waals surface area contributed by atoms with Gasteiger partial charge in [-0.3, -0.25) is 4.79 Å². The number of carbonyl (C=O) groups excluding carboxylic acids is 1. The SMILES string of the molecule is CC1CCc2ccccc2N(C)C(C)(C)C(=O)N1C. The molecule has 1 unspecified atom stereocenters. The number of hydrogen-bond acceptors (Lipinski definition) is 2. The molecule has 1 amide bonds. The van der Waals surface area contributed by atoms with E-state index in [4.69, 9.17) is 0 Å². The van der Waals surface area contributed by atoms with E-state index in [2.05, 4.69) is 30.0 Å². The lowest BCUT2D eigenvalue weighted by molar-refractivity contribution is -0.136. The fourth-order valence-electron chi connectivity index (χ4n) is 2.68. The molecule has 0 radical (unpaired) electrons. The summed E-state index contributed by atoms with van der Waals surface area (Å²) in [7, 11) is 3.93. The van der Waals surface area contributed by atoms with E-state index >= 15 is 0 Å². The lowest BCUT2D eigenvalue weighted by Gasteiger charge is -2.39. The number of rotatable bonds is 0. The minimum Gasteiger partial charge on any atom is -0.360 e. The Bertz CT molecular complexity index is 481. The van der Waals surface area contributed by atoms with Crippen molar-refractivity contribution in [2.24, 2.45) is 0 Å². The molecule has 1 aromatic rings. The molecule has 0 spiro atoms. The maximum atomic E-state index is 12.7. The van der Waals surface area contributed by atoms with Crippen molar-refractivity contribution in [3.05, 3.63) is 29.8 Å². The molecule has 1 aromatic carbocycles. The zero-order valence-corrected chi connectivity index (χ0v) is 12.6. The van der Waals surface area contributed by atoms with Gasteiger partial charge in [0.2, 0.25) is 5.91 Å². The van der Waals surface area contributed by atoms with Gasteiger partial charge in [0.05, 0.1) is 0 Å².